The van der Waals surface area contributed by atoms with Crippen molar-refractivity contribution in [1.29, 1.82) is 0 Å². The lowest BCUT2D eigenvalue weighted by atomic mass is 9.38. The number of ether oxygens (including phenoxy) is 6. The van der Waals surface area contributed by atoms with Gasteiger partial charge in [-0.25, -0.2) is 9.59 Å². The summed E-state index contributed by atoms with van der Waals surface area (Å²) in [5, 5.41) is 64.8. The number of ketones is 1. The van der Waals surface area contributed by atoms with Crippen molar-refractivity contribution in [3.8, 4) is 5.75 Å². The van der Waals surface area contributed by atoms with E-state index in [1.807, 2.05) is 0 Å². The van der Waals surface area contributed by atoms with E-state index < -0.39 is 120 Å². The molecule has 15 heteroatoms. The lowest BCUT2D eigenvalue weighted by Gasteiger charge is -2.67. The van der Waals surface area contributed by atoms with Gasteiger partial charge in [0.15, 0.2) is 11.5 Å². The molecule has 7 rings (SSSR count). The van der Waals surface area contributed by atoms with Gasteiger partial charge in [0.1, 0.15) is 42.4 Å². The van der Waals surface area contributed by atoms with Crippen LogP contribution in [0, 0.1) is 34.5 Å². The number of Topliss-reactive ketones (excluding diaryl/α,β-unsaturated/α-hetero) is 1. The maximum absolute atomic E-state index is 13.8. The normalized spacial score (nSPS) is 49.2. The second kappa shape index (κ2) is 11.5. The Bertz CT molecular complexity index is 1500. The Morgan fingerprint density at radius 1 is 0.979 bits per heavy atom. The number of methoxy groups -OCH3 is 1. The predicted molar refractivity (Wildman–Crippen MR) is 156 cm³/mol. The van der Waals surface area contributed by atoms with Crippen molar-refractivity contribution in [2.45, 2.75) is 81.0 Å². The third-order valence-corrected chi connectivity index (χ3v) is 11.9. The standard InChI is InChI=1S/C33H40O15/c1-13-15-9-18-32-12-44-33(30(42)43-3,26(32)24(28(41)48-18)45-14-7-5-4-6-8-14)27(40)23(39)25(32)31(15,2)10-16(19(13)35)46-29-22(38)21(37)20(36)17(11-34)47-29/h4-8,10,13,15,17-18,20-27,29,34,36-40H,9,11-12H2,1-3H3. The molecule has 1 spiro atoms. The SMILES string of the molecule is COC(=O)C12OCC34C(CC5C(C)C(=O)C(OC6OC(CO)C(O)C(O)C6O)=CC5(C)C3C(O)C1O)OC(=O)C(Oc1ccccc1)C24. The first-order chi connectivity index (χ1) is 22.8. The minimum absolute atomic E-state index is 0.119. The largest absolute Gasteiger partial charge is 0.478 e. The quantitative estimate of drug-likeness (QED) is 0.183. The Balaban J connectivity index is 1.35. The Morgan fingerprint density at radius 3 is 2.35 bits per heavy atom. The number of rotatable bonds is 6. The number of carbonyl (C=O) groups is 3. The summed E-state index contributed by atoms with van der Waals surface area (Å²) in [5.74, 6) is -5.91. The average Bonchev–Trinajstić information content (AvgIpc) is 3.38. The van der Waals surface area contributed by atoms with E-state index in [1.165, 1.54) is 6.08 Å². The van der Waals surface area contributed by atoms with Crippen LogP contribution in [0.25, 0.3) is 0 Å². The van der Waals surface area contributed by atoms with Crippen LogP contribution >= 0.6 is 0 Å². The molecule has 0 aromatic heterocycles. The molecule has 1 aromatic rings. The third-order valence-electron chi connectivity index (χ3n) is 11.9. The molecule has 0 radical (unpaired) electrons. The lowest BCUT2D eigenvalue weighted by Crippen LogP contribution is -2.79. The van der Waals surface area contributed by atoms with E-state index in [-0.39, 0.29) is 24.5 Å². The lowest BCUT2D eigenvalue weighted by molar-refractivity contribution is -0.295. The molecule has 3 aliphatic carbocycles. The average molecular weight is 677 g/mol. The first-order valence-electron chi connectivity index (χ1n) is 16.0. The van der Waals surface area contributed by atoms with Crippen LogP contribution in [0.15, 0.2) is 42.2 Å². The molecule has 16 unspecified atom stereocenters. The molecule has 3 aliphatic heterocycles. The van der Waals surface area contributed by atoms with Gasteiger partial charge in [0.05, 0.1) is 32.3 Å². The molecule has 2 saturated carbocycles. The molecule has 1 aromatic carbocycles. The topological polar surface area (TPSA) is 228 Å². The van der Waals surface area contributed by atoms with Crippen LogP contribution in [-0.4, -0.2) is 129 Å². The van der Waals surface area contributed by atoms with Crippen LogP contribution < -0.4 is 4.74 Å². The second-order valence-electron chi connectivity index (χ2n) is 14.0. The minimum Gasteiger partial charge on any atom is -0.478 e. The number of carbonyl (C=O) groups excluding carboxylic acids is 3. The zero-order valence-electron chi connectivity index (χ0n) is 26.4. The molecule has 3 heterocycles. The van der Waals surface area contributed by atoms with Gasteiger partial charge >= 0.3 is 11.9 Å². The van der Waals surface area contributed by atoms with Crippen molar-refractivity contribution < 1.29 is 73.4 Å². The molecule has 5 fully saturated rings. The van der Waals surface area contributed by atoms with Crippen molar-refractivity contribution in [2.24, 2.45) is 34.5 Å². The van der Waals surface area contributed by atoms with Crippen molar-refractivity contribution in [2.75, 3.05) is 20.3 Å². The van der Waals surface area contributed by atoms with Crippen LogP contribution in [0.4, 0.5) is 0 Å². The first-order valence-corrected chi connectivity index (χ1v) is 16.0. The zero-order valence-corrected chi connectivity index (χ0v) is 26.4. The Hall–Kier alpha value is -3.15. The fourth-order valence-electron chi connectivity index (χ4n) is 9.82. The summed E-state index contributed by atoms with van der Waals surface area (Å²) in [6, 6.07) is 8.39. The molecule has 2 bridgehead atoms. The van der Waals surface area contributed by atoms with Gasteiger partial charge in [0.2, 0.25) is 18.0 Å². The molecule has 48 heavy (non-hydrogen) atoms. The molecule has 6 aliphatic rings. The number of hydrogen-bond acceptors (Lipinski definition) is 15. The fraction of sp³-hybridized carbons (Fsp3) is 0.667. The molecule has 6 N–H and O–H groups in total. The molecule has 15 nitrogen and oxygen atoms in total. The van der Waals surface area contributed by atoms with Gasteiger partial charge in [-0.05, 0) is 36.0 Å². The van der Waals surface area contributed by atoms with E-state index in [4.69, 9.17) is 28.4 Å². The van der Waals surface area contributed by atoms with Gasteiger partial charge < -0.3 is 59.1 Å². The summed E-state index contributed by atoms with van der Waals surface area (Å²) in [4.78, 5) is 41.3. The van der Waals surface area contributed by atoms with Gasteiger partial charge in [0, 0.05) is 17.3 Å². The van der Waals surface area contributed by atoms with Gasteiger partial charge in [-0.15, -0.1) is 0 Å². The number of aliphatic hydroxyl groups excluding tert-OH is 6. The number of benzene rings is 1. The van der Waals surface area contributed by atoms with Crippen LogP contribution in [0.1, 0.15) is 20.3 Å². The summed E-state index contributed by atoms with van der Waals surface area (Å²) >= 11 is 0. The van der Waals surface area contributed by atoms with Crippen molar-refractivity contribution >= 4 is 17.7 Å². The Labute approximate surface area is 274 Å². The van der Waals surface area contributed by atoms with Crippen molar-refractivity contribution in [3.05, 3.63) is 42.2 Å². The van der Waals surface area contributed by atoms with Gasteiger partial charge in [-0.3, -0.25) is 4.79 Å². The highest BCUT2D eigenvalue weighted by Gasteiger charge is 2.85. The maximum Gasteiger partial charge on any atom is 0.348 e. The first kappa shape index (κ1) is 33.4. The molecular weight excluding hydrogens is 636 g/mol. The van der Waals surface area contributed by atoms with E-state index in [1.54, 1.807) is 44.2 Å². The van der Waals surface area contributed by atoms with E-state index >= 15 is 0 Å². The summed E-state index contributed by atoms with van der Waals surface area (Å²) in [7, 11) is 1.11. The summed E-state index contributed by atoms with van der Waals surface area (Å²) in [6.45, 7) is 2.47. The van der Waals surface area contributed by atoms with E-state index in [0.717, 1.165) is 7.11 Å². The third kappa shape index (κ3) is 4.25. The number of aliphatic hydroxyl groups is 6. The molecular formula is C33H40O15. The molecule has 16 atom stereocenters. The second-order valence-corrected chi connectivity index (χ2v) is 14.0. The highest BCUT2D eigenvalue weighted by Crippen LogP contribution is 2.72. The smallest absolute Gasteiger partial charge is 0.348 e. The number of esters is 2. The Kier molecular flexibility index (Phi) is 7.96. The Morgan fingerprint density at radius 2 is 1.69 bits per heavy atom. The van der Waals surface area contributed by atoms with Crippen molar-refractivity contribution in [1.82, 2.24) is 0 Å². The molecule has 262 valence electrons. The van der Waals surface area contributed by atoms with Gasteiger partial charge in [-0.2, -0.15) is 0 Å². The van der Waals surface area contributed by atoms with E-state index in [9.17, 15) is 45.0 Å². The van der Waals surface area contributed by atoms with Crippen LogP contribution in [-0.2, 0) is 38.1 Å². The van der Waals surface area contributed by atoms with E-state index in [0.29, 0.717) is 0 Å². The fourth-order valence-corrected chi connectivity index (χ4v) is 9.82. The van der Waals surface area contributed by atoms with Crippen LogP contribution in [0.2, 0.25) is 0 Å². The summed E-state index contributed by atoms with van der Waals surface area (Å²) in [6.07, 6.45) is -12.6. The monoisotopic (exact) mass is 676 g/mol. The van der Waals surface area contributed by atoms with Gasteiger partial charge in [0.25, 0.3) is 0 Å². The highest BCUT2D eigenvalue weighted by atomic mass is 16.7. The molecule has 3 saturated heterocycles. The predicted octanol–water partition coefficient (Wildman–Crippen LogP) is -1.80. The maximum atomic E-state index is 13.8. The van der Waals surface area contributed by atoms with Gasteiger partial charge in [-0.1, -0.05) is 32.0 Å². The van der Waals surface area contributed by atoms with Crippen LogP contribution in [0.3, 0.4) is 0 Å². The molecule has 0 amide bonds. The summed E-state index contributed by atoms with van der Waals surface area (Å²) < 4.78 is 35.0. The number of fused-ring (bicyclic) bond motifs is 2. The van der Waals surface area contributed by atoms with E-state index in [2.05, 4.69) is 0 Å². The zero-order chi connectivity index (χ0) is 34.5. The highest BCUT2D eigenvalue weighted by molar-refractivity contribution is 5.96. The van der Waals surface area contributed by atoms with Crippen molar-refractivity contribution in [3.63, 3.8) is 0 Å². The number of para-hydroxylation sites is 1. The number of allylic oxidation sites excluding steroid dienone is 2. The van der Waals surface area contributed by atoms with Crippen LogP contribution in [0.5, 0.6) is 5.75 Å². The minimum atomic E-state index is -2.21. The number of hydrogen-bond donors (Lipinski definition) is 6. The summed E-state index contributed by atoms with van der Waals surface area (Å²) in [5.41, 5.74) is -4.75.